The van der Waals surface area contributed by atoms with Crippen molar-refractivity contribution in [1.82, 2.24) is 10.3 Å². The van der Waals surface area contributed by atoms with Crippen molar-refractivity contribution in [2.45, 2.75) is 33.7 Å². The highest BCUT2D eigenvalue weighted by atomic mass is 16.6. The quantitative estimate of drug-likeness (QED) is 0.631. The van der Waals surface area contributed by atoms with Crippen LogP contribution in [-0.4, -0.2) is 15.9 Å². The van der Waals surface area contributed by atoms with E-state index in [-0.39, 0.29) is 11.5 Å². The molecule has 0 unspecified atom stereocenters. The molecule has 0 aliphatic rings. The third-order valence-electron chi connectivity index (χ3n) is 2.86. The van der Waals surface area contributed by atoms with Crippen LogP contribution in [0, 0.1) is 15.5 Å². The van der Waals surface area contributed by atoms with Gasteiger partial charge in [0.15, 0.2) is 5.82 Å². The zero-order valence-electron chi connectivity index (χ0n) is 11.7. The van der Waals surface area contributed by atoms with Crippen LogP contribution in [0.25, 0.3) is 0 Å². The summed E-state index contributed by atoms with van der Waals surface area (Å²) in [6.45, 7) is 8.20. The van der Waals surface area contributed by atoms with Gasteiger partial charge >= 0.3 is 0 Å². The summed E-state index contributed by atoms with van der Waals surface area (Å²) in [6.07, 6.45) is 4.18. The maximum Gasteiger partial charge on any atom is 0.274 e. The summed E-state index contributed by atoms with van der Waals surface area (Å²) in [5.41, 5.74) is 0.743. The van der Waals surface area contributed by atoms with Crippen molar-refractivity contribution in [3.8, 4) is 0 Å². The van der Waals surface area contributed by atoms with Crippen molar-refractivity contribution < 1.29 is 4.92 Å². The van der Waals surface area contributed by atoms with E-state index in [0.29, 0.717) is 5.82 Å². The van der Waals surface area contributed by atoms with Crippen LogP contribution >= 0.6 is 0 Å². The molecule has 19 heavy (non-hydrogen) atoms. The highest BCUT2D eigenvalue weighted by Crippen LogP contribution is 2.20. The molecular weight excluding hydrogens is 244 g/mol. The normalized spacial score (nSPS) is 13.8. The molecule has 0 radical (unpaired) electrons. The van der Waals surface area contributed by atoms with Crippen molar-refractivity contribution in [3.05, 3.63) is 46.7 Å². The zero-order chi connectivity index (χ0) is 14.5. The minimum Gasteiger partial charge on any atom is -0.363 e. The van der Waals surface area contributed by atoms with E-state index >= 15 is 0 Å². The molecular formula is C13H20N4O2. The number of anilines is 1. The van der Waals surface area contributed by atoms with E-state index in [9.17, 15) is 10.1 Å². The van der Waals surface area contributed by atoms with Crippen LogP contribution in [-0.2, 0) is 0 Å². The lowest BCUT2D eigenvalue weighted by molar-refractivity contribution is -0.403. The molecule has 1 heterocycles. The predicted molar refractivity (Wildman–Crippen MR) is 75.0 cm³/mol. The van der Waals surface area contributed by atoms with Crippen LogP contribution in [0.1, 0.15) is 27.7 Å². The van der Waals surface area contributed by atoms with E-state index in [1.165, 1.54) is 0 Å². The first-order valence-electron chi connectivity index (χ1n) is 6.08. The van der Waals surface area contributed by atoms with Gasteiger partial charge in [-0.1, -0.05) is 20.8 Å². The molecule has 1 rings (SSSR count). The summed E-state index contributed by atoms with van der Waals surface area (Å²) < 4.78 is 0. The van der Waals surface area contributed by atoms with E-state index in [2.05, 4.69) is 36.4 Å². The summed E-state index contributed by atoms with van der Waals surface area (Å²) in [7, 11) is 0. The van der Waals surface area contributed by atoms with Crippen LogP contribution in [0.4, 0.5) is 5.69 Å². The average molecular weight is 264 g/mol. The summed E-state index contributed by atoms with van der Waals surface area (Å²) in [6, 6.07) is 3.57. The Morgan fingerprint density at radius 2 is 2.00 bits per heavy atom. The third kappa shape index (κ3) is 5.37. The molecule has 104 valence electrons. The fourth-order valence-corrected chi connectivity index (χ4v) is 1.25. The molecule has 0 aliphatic carbocycles. The van der Waals surface area contributed by atoms with Crippen molar-refractivity contribution in [3.63, 3.8) is 0 Å². The number of aromatic nitrogens is 1. The van der Waals surface area contributed by atoms with Gasteiger partial charge < -0.3 is 10.6 Å². The van der Waals surface area contributed by atoms with Crippen molar-refractivity contribution >= 4 is 5.69 Å². The molecule has 2 N–H and O–H groups in total. The first-order chi connectivity index (χ1) is 8.79. The molecule has 1 aromatic rings. The Kier molecular flexibility index (Phi) is 4.86. The predicted octanol–water partition coefficient (Wildman–Crippen LogP) is 2.59. The second-order valence-electron chi connectivity index (χ2n) is 5.42. The Balaban J connectivity index is 2.82. The van der Waals surface area contributed by atoms with Gasteiger partial charge in [-0.15, -0.1) is 0 Å². The zero-order valence-corrected chi connectivity index (χ0v) is 11.7. The van der Waals surface area contributed by atoms with Gasteiger partial charge in [-0.25, -0.2) is 0 Å². The fourth-order valence-electron chi connectivity index (χ4n) is 1.25. The molecule has 0 aliphatic heterocycles. The number of nitro groups is 1. The molecule has 0 fully saturated rings. The monoisotopic (exact) mass is 264 g/mol. The minimum absolute atomic E-state index is 0.00435. The van der Waals surface area contributed by atoms with E-state index < -0.39 is 4.92 Å². The molecule has 1 atom stereocenters. The Bertz CT molecular complexity index is 451. The second kappa shape index (κ2) is 6.17. The Hall–Kier alpha value is -2.11. The lowest BCUT2D eigenvalue weighted by Gasteiger charge is -2.29. The van der Waals surface area contributed by atoms with Crippen molar-refractivity contribution in [1.29, 1.82) is 0 Å². The lowest BCUT2D eigenvalue weighted by atomic mass is 9.88. The topological polar surface area (TPSA) is 80.1 Å². The largest absolute Gasteiger partial charge is 0.363 e. The van der Waals surface area contributed by atoms with Gasteiger partial charge in [-0.2, -0.15) is 0 Å². The number of rotatable bonds is 5. The highest BCUT2D eigenvalue weighted by Gasteiger charge is 2.21. The molecule has 0 aromatic carbocycles. The molecule has 0 saturated carbocycles. The van der Waals surface area contributed by atoms with E-state index in [1.807, 2.05) is 6.92 Å². The molecule has 1 aromatic heterocycles. The second-order valence-corrected chi connectivity index (χ2v) is 5.42. The maximum atomic E-state index is 10.7. The van der Waals surface area contributed by atoms with Gasteiger partial charge in [0.2, 0.25) is 0 Å². The SMILES string of the molecule is C[C@@H](N/C(=C\[N+](=O)[O-])Nc1ccncc1)C(C)(C)C. The van der Waals surface area contributed by atoms with E-state index in [1.54, 1.807) is 24.5 Å². The number of hydrogen-bond acceptors (Lipinski definition) is 5. The third-order valence-corrected chi connectivity index (χ3v) is 2.86. The minimum atomic E-state index is -0.480. The lowest BCUT2D eigenvalue weighted by Crippen LogP contribution is -2.39. The maximum absolute atomic E-state index is 10.7. The van der Waals surface area contributed by atoms with Crippen molar-refractivity contribution in [2.24, 2.45) is 5.41 Å². The highest BCUT2D eigenvalue weighted by molar-refractivity contribution is 5.45. The van der Waals surface area contributed by atoms with Crippen LogP contribution in [0.15, 0.2) is 36.5 Å². The molecule has 6 heteroatoms. The number of nitrogens with one attached hydrogen (secondary N) is 2. The van der Waals surface area contributed by atoms with E-state index in [4.69, 9.17) is 0 Å². The summed E-state index contributed by atoms with van der Waals surface area (Å²) in [5.74, 6) is 0.360. The molecule has 0 spiro atoms. The van der Waals surface area contributed by atoms with Gasteiger partial charge in [0.25, 0.3) is 6.20 Å². The van der Waals surface area contributed by atoms with Crippen LogP contribution in [0.3, 0.4) is 0 Å². The summed E-state index contributed by atoms with van der Waals surface area (Å²) in [4.78, 5) is 14.1. The summed E-state index contributed by atoms with van der Waals surface area (Å²) in [5, 5.41) is 16.8. The van der Waals surface area contributed by atoms with Crippen LogP contribution < -0.4 is 10.6 Å². The number of hydrogen-bond donors (Lipinski definition) is 2. The van der Waals surface area contributed by atoms with Gasteiger partial charge in [0.05, 0.1) is 4.92 Å². The molecule has 0 saturated heterocycles. The first kappa shape index (κ1) is 14.9. The molecule has 0 bridgehead atoms. The fraction of sp³-hybridized carbons (Fsp3) is 0.462. The number of pyridine rings is 1. The Morgan fingerprint density at radius 3 is 2.47 bits per heavy atom. The van der Waals surface area contributed by atoms with Crippen LogP contribution in [0.5, 0.6) is 0 Å². The van der Waals surface area contributed by atoms with Crippen LogP contribution in [0.2, 0.25) is 0 Å². The standard InChI is InChI=1S/C13H20N4O2/c1-10(13(2,3)4)15-12(9-17(18)19)16-11-5-7-14-8-6-11/h5-10,15H,1-4H3,(H,14,16)/b12-9+/t10-/m1/s1. The Labute approximate surface area is 113 Å². The number of nitrogens with zero attached hydrogens (tertiary/aromatic N) is 2. The summed E-state index contributed by atoms with van der Waals surface area (Å²) >= 11 is 0. The average Bonchev–Trinajstić information content (AvgIpc) is 2.28. The van der Waals surface area contributed by atoms with Gasteiger partial charge in [0.1, 0.15) is 0 Å². The van der Waals surface area contributed by atoms with Gasteiger partial charge in [-0.3, -0.25) is 15.1 Å². The van der Waals surface area contributed by atoms with E-state index in [0.717, 1.165) is 11.9 Å². The smallest absolute Gasteiger partial charge is 0.274 e. The van der Waals surface area contributed by atoms with Crippen molar-refractivity contribution in [2.75, 3.05) is 5.32 Å². The Morgan fingerprint density at radius 1 is 1.42 bits per heavy atom. The molecule has 6 nitrogen and oxygen atoms in total. The first-order valence-corrected chi connectivity index (χ1v) is 6.08. The molecule has 0 amide bonds. The van der Waals surface area contributed by atoms with Gasteiger partial charge in [-0.05, 0) is 24.5 Å². The van der Waals surface area contributed by atoms with Gasteiger partial charge in [0, 0.05) is 24.1 Å².